The van der Waals surface area contributed by atoms with Gasteiger partial charge in [0.25, 0.3) is 0 Å². The molecular formula is C20H27O. The number of unbranched alkanes of at least 4 members (excludes halogenated alkanes) is 4. The summed E-state index contributed by atoms with van der Waals surface area (Å²) < 4.78 is 0. The van der Waals surface area contributed by atoms with Gasteiger partial charge >= 0.3 is 0 Å². The first kappa shape index (κ1) is 15.9. The van der Waals surface area contributed by atoms with Gasteiger partial charge in [-0.05, 0) is 48.3 Å². The zero-order valence-corrected chi connectivity index (χ0v) is 13.5. The van der Waals surface area contributed by atoms with Gasteiger partial charge in [0, 0.05) is 5.39 Å². The summed E-state index contributed by atoms with van der Waals surface area (Å²) in [5, 5.41) is 14.5. The number of hydrogen-bond acceptors (Lipinski definition) is 0. The Kier molecular flexibility index (Phi) is 6.10. The Balaban J connectivity index is 2.32. The predicted octanol–water partition coefficient (Wildman–Crippen LogP) is 6.45. The zero-order valence-electron chi connectivity index (χ0n) is 13.5. The molecule has 1 heteroatoms. The lowest BCUT2D eigenvalue weighted by Gasteiger charge is -2.11. The Bertz CT molecular complexity index is 571. The van der Waals surface area contributed by atoms with Crippen LogP contribution in [0.15, 0.2) is 30.3 Å². The molecule has 0 saturated heterocycles. The summed E-state index contributed by atoms with van der Waals surface area (Å²) in [5.41, 5.74) is 2.58. The third-order valence-electron chi connectivity index (χ3n) is 4.28. The van der Waals surface area contributed by atoms with Crippen molar-refractivity contribution in [2.24, 2.45) is 0 Å². The summed E-state index contributed by atoms with van der Waals surface area (Å²) in [6.45, 7) is 4.44. The summed E-state index contributed by atoms with van der Waals surface area (Å²) in [5.74, 6) is 0.191. The van der Waals surface area contributed by atoms with Crippen molar-refractivity contribution in [3.63, 3.8) is 0 Å². The second kappa shape index (κ2) is 8.07. The van der Waals surface area contributed by atoms with Crippen LogP contribution in [0.5, 0.6) is 5.75 Å². The van der Waals surface area contributed by atoms with Crippen LogP contribution in [-0.4, -0.2) is 0 Å². The highest BCUT2D eigenvalue weighted by molar-refractivity contribution is 5.93. The highest BCUT2D eigenvalue weighted by Crippen LogP contribution is 2.32. The number of benzene rings is 2. The van der Waals surface area contributed by atoms with Crippen LogP contribution in [0.3, 0.4) is 0 Å². The highest BCUT2D eigenvalue weighted by Gasteiger charge is 2.10. The van der Waals surface area contributed by atoms with E-state index < -0.39 is 0 Å². The first-order chi connectivity index (χ1) is 10.3. The maximum absolute atomic E-state index is 12.3. The second-order valence-corrected chi connectivity index (χ2v) is 5.98. The molecule has 2 rings (SSSR count). The van der Waals surface area contributed by atoms with Crippen molar-refractivity contribution in [1.82, 2.24) is 0 Å². The lowest BCUT2D eigenvalue weighted by atomic mass is 9.94. The van der Waals surface area contributed by atoms with E-state index in [-0.39, 0.29) is 5.75 Å². The van der Waals surface area contributed by atoms with E-state index in [2.05, 4.69) is 32.0 Å². The molecule has 113 valence electrons. The van der Waals surface area contributed by atoms with Crippen LogP contribution in [0.4, 0.5) is 0 Å². The quantitative estimate of drug-likeness (QED) is 0.496. The molecule has 0 aliphatic carbocycles. The first-order valence-electron chi connectivity index (χ1n) is 8.48. The molecule has 1 radical (unpaired) electrons. The van der Waals surface area contributed by atoms with Gasteiger partial charge in [-0.2, -0.15) is 0 Å². The number of fused-ring (bicyclic) bond motifs is 1. The van der Waals surface area contributed by atoms with E-state index in [4.69, 9.17) is 0 Å². The molecule has 0 unspecified atom stereocenters. The molecule has 0 saturated carbocycles. The van der Waals surface area contributed by atoms with Gasteiger partial charge in [-0.1, -0.05) is 63.8 Å². The van der Waals surface area contributed by atoms with Crippen LogP contribution in [0, 0.1) is 0 Å². The summed E-state index contributed by atoms with van der Waals surface area (Å²) >= 11 is 0. The lowest BCUT2D eigenvalue weighted by molar-refractivity contribution is 0.360. The largest absolute Gasteiger partial charge is 0.289 e. The van der Waals surface area contributed by atoms with Crippen LogP contribution in [0.2, 0.25) is 0 Å². The van der Waals surface area contributed by atoms with Crippen molar-refractivity contribution >= 4 is 10.8 Å². The van der Waals surface area contributed by atoms with E-state index in [0.29, 0.717) is 0 Å². The van der Waals surface area contributed by atoms with Gasteiger partial charge in [-0.25, -0.2) is 0 Å². The summed E-state index contributed by atoms with van der Waals surface area (Å²) in [6, 6.07) is 10.2. The fourth-order valence-electron chi connectivity index (χ4n) is 3.07. The molecule has 1 nitrogen and oxygen atoms in total. The first-order valence-corrected chi connectivity index (χ1v) is 8.48. The average molecular weight is 283 g/mol. The molecular weight excluding hydrogens is 256 g/mol. The normalized spacial score (nSPS) is 11.1. The van der Waals surface area contributed by atoms with Gasteiger partial charge in [-0.15, -0.1) is 0 Å². The molecule has 0 spiro atoms. The van der Waals surface area contributed by atoms with Gasteiger partial charge in [0.2, 0.25) is 0 Å². The van der Waals surface area contributed by atoms with E-state index in [1.54, 1.807) is 6.07 Å². The molecule has 0 bridgehead atoms. The SMILES string of the molecule is CCCCCc1ccc([O])c2c(CCCCC)cccc12. The van der Waals surface area contributed by atoms with Crippen molar-refractivity contribution in [3.05, 3.63) is 41.5 Å². The Morgan fingerprint density at radius 1 is 0.762 bits per heavy atom. The van der Waals surface area contributed by atoms with Crippen LogP contribution >= 0.6 is 0 Å². The minimum absolute atomic E-state index is 0.191. The predicted molar refractivity (Wildman–Crippen MR) is 90.5 cm³/mol. The van der Waals surface area contributed by atoms with Crippen molar-refractivity contribution in [3.8, 4) is 5.75 Å². The monoisotopic (exact) mass is 283 g/mol. The van der Waals surface area contributed by atoms with Crippen LogP contribution < -0.4 is 0 Å². The molecule has 0 atom stereocenters. The molecule has 0 heterocycles. The molecule has 0 amide bonds. The number of aryl methyl sites for hydroxylation is 2. The Morgan fingerprint density at radius 2 is 1.43 bits per heavy atom. The van der Waals surface area contributed by atoms with Gasteiger partial charge in [-0.3, -0.25) is 5.11 Å². The summed E-state index contributed by atoms with van der Waals surface area (Å²) in [6.07, 6.45) is 9.45. The van der Waals surface area contributed by atoms with Gasteiger partial charge < -0.3 is 0 Å². The van der Waals surface area contributed by atoms with Crippen molar-refractivity contribution in [2.75, 3.05) is 0 Å². The molecule has 0 aliphatic heterocycles. The number of rotatable bonds is 8. The van der Waals surface area contributed by atoms with E-state index in [1.807, 2.05) is 6.07 Å². The molecule has 21 heavy (non-hydrogen) atoms. The van der Waals surface area contributed by atoms with Crippen LogP contribution in [0.25, 0.3) is 10.8 Å². The van der Waals surface area contributed by atoms with Crippen LogP contribution in [0.1, 0.15) is 63.5 Å². The standard InChI is InChI=1S/C20H27O/c1-3-5-7-10-16-14-15-19(21)20-17(11-8-6-4-2)12-9-13-18(16)20/h9,12-15H,3-8,10-11H2,1-2H3. The van der Waals surface area contributed by atoms with Crippen LogP contribution in [-0.2, 0) is 17.9 Å². The Labute approximate surface area is 129 Å². The summed E-state index contributed by atoms with van der Waals surface area (Å²) in [4.78, 5) is 0. The zero-order chi connectivity index (χ0) is 15.1. The molecule has 0 fully saturated rings. The number of hydrogen-bond donors (Lipinski definition) is 0. The lowest BCUT2D eigenvalue weighted by Crippen LogP contribution is -1.92. The van der Waals surface area contributed by atoms with Crippen molar-refractivity contribution < 1.29 is 5.11 Å². The molecule has 2 aromatic carbocycles. The Hall–Kier alpha value is -1.50. The fraction of sp³-hybridized carbons (Fsp3) is 0.500. The van der Waals surface area contributed by atoms with Gasteiger partial charge in [0.1, 0.15) is 0 Å². The van der Waals surface area contributed by atoms with E-state index >= 15 is 0 Å². The average Bonchev–Trinajstić information content (AvgIpc) is 2.50. The third-order valence-corrected chi connectivity index (χ3v) is 4.28. The highest BCUT2D eigenvalue weighted by atomic mass is 16.3. The fourth-order valence-corrected chi connectivity index (χ4v) is 3.07. The minimum atomic E-state index is 0.191. The molecule has 0 aromatic heterocycles. The van der Waals surface area contributed by atoms with E-state index in [1.165, 1.54) is 55.0 Å². The van der Waals surface area contributed by atoms with Gasteiger partial charge in [0.15, 0.2) is 5.75 Å². The molecule has 0 N–H and O–H groups in total. The Morgan fingerprint density at radius 3 is 2.10 bits per heavy atom. The summed E-state index contributed by atoms with van der Waals surface area (Å²) in [7, 11) is 0. The maximum Gasteiger partial charge on any atom is 0.186 e. The molecule has 2 aromatic rings. The van der Waals surface area contributed by atoms with Crippen molar-refractivity contribution in [2.45, 2.75) is 65.2 Å². The van der Waals surface area contributed by atoms with E-state index in [9.17, 15) is 5.11 Å². The molecule has 0 aliphatic rings. The smallest absolute Gasteiger partial charge is 0.186 e. The van der Waals surface area contributed by atoms with E-state index in [0.717, 1.165) is 18.2 Å². The van der Waals surface area contributed by atoms with Gasteiger partial charge in [0.05, 0.1) is 0 Å². The van der Waals surface area contributed by atoms with Crippen molar-refractivity contribution in [1.29, 1.82) is 0 Å². The topological polar surface area (TPSA) is 19.9 Å². The maximum atomic E-state index is 12.3. The minimum Gasteiger partial charge on any atom is -0.289 e. The second-order valence-electron chi connectivity index (χ2n) is 5.98. The third kappa shape index (κ3) is 4.00.